The molecule has 0 spiro atoms. The predicted molar refractivity (Wildman–Crippen MR) is 89.7 cm³/mol. The summed E-state index contributed by atoms with van der Waals surface area (Å²) in [7, 11) is 1.68. The first-order valence-electron chi connectivity index (χ1n) is 8.12. The van der Waals surface area contributed by atoms with Crippen molar-refractivity contribution in [2.75, 3.05) is 19.0 Å². The summed E-state index contributed by atoms with van der Waals surface area (Å²) in [6.45, 7) is 3.49. The molecule has 7 heteroatoms. The van der Waals surface area contributed by atoms with Gasteiger partial charge in [0, 0.05) is 32.4 Å². The van der Waals surface area contributed by atoms with E-state index in [0.717, 1.165) is 19.4 Å². The Morgan fingerprint density at radius 1 is 1.58 bits per heavy atom. The number of primary amides is 1. The number of hydrogen-bond donors (Lipinski definition) is 3. The van der Waals surface area contributed by atoms with Crippen molar-refractivity contribution in [1.82, 2.24) is 4.98 Å². The van der Waals surface area contributed by atoms with Gasteiger partial charge in [0.1, 0.15) is 6.17 Å². The maximum absolute atomic E-state index is 14.2. The number of nitrogens with one attached hydrogen (secondary N) is 1. The van der Waals surface area contributed by atoms with Crippen molar-refractivity contribution in [3.05, 3.63) is 23.5 Å². The Kier molecular flexibility index (Phi) is 5.77. The van der Waals surface area contributed by atoms with Crippen LogP contribution in [0.2, 0.25) is 0 Å². The number of carbonyl (C=O) groups excluding carboxylic acids is 1. The average Bonchev–Trinajstić information content (AvgIpc) is 2.43. The number of rotatable bonds is 8. The molecule has 4 N–H and O–H groups in total. The van der Waals surface area contributed by atoms with Gasteiger partial charge in [-0.25, -0.2) is 4.39 Å². The lowest BCUT2D eigenvalue weighted by atomic mass is 9.80. The van der Waals surface area contributed by atoms with Crippen LogP contribution >= 0.6 is 0 Å². The number of hydrogen-bond acceptors (Lipinski definition) is 5. The van der Waals surface area contributed by atoms with Gasteiger partial charge in [-0.1, -0.05) is 0 Å². The van der Waals surface area contributed by atoms with Gasteiger partial charge in [-0.3, -0.25) is 9.78 Å². The van der Waals surface area contributed by atoms with Gasteiger partial charge in [-0.05, 0) is 38.7 Å². The van der Waals surface area contributed by atoms with Gasteiger partial charge in [0.05, 0.1) is 22.5 Å². The Labute approximate surface area is 141 Å². The summed E-state index contributed by atoms with van der Waals surface area (Å²) in [6.07, 6.45) is 1.69. The number of pyridine rings is 1. The van der Waals surface area contributed by atoms with Crippen molar-refractivity contribution in [2.45, 2.75) is 50.9 Å². The van der Waals surface area contributed by atoms with E-state index in [1.54, 1.807) is 13.2 Å². The number of anilines is 1. The van der Waals surface area contributed by atoms with Gasteiger partial charge in [0.2, 0.25) is 0 Å². The van der Waals surface area contributed by atoms with Crippen LogP contribution in [0.25, 0.3) is 0 Å². The van der Waals surface area contributed by atoms with Crippen LogP contribution in [0, 0.1) is 5.92 Å². The topological polar surface area (TPSA) is 97.5 Å². The molecule has 2 rings (SSSR count). The van der Waals surface area contributed by atoms with Crippen molar-refractivity contribution < 1.29 is 19.0 Å². The van der Waals surface area contributed by atoms with Gasteiger partial charge in [0.25, 0.3) is 5.91 Å². The Hall–Kier alpha value is -1.73. The number of carbonyl (C=O) groups is 1. The predicted octanol–water partition coefficient (Wildman–Crippen LogP) is 1.67. The number of halogens is 1. The molecule has 0 saturated heterocycles. The molecular weight excluding hydrogens is 313 g/mol. The molecule has 0 aliphatic heterocycles. The summed E-state index contributed by atoms with van der Waals surface area (Å²) in [5, 5.41) is 13.1. The Bertz CT molecular complexity index is 583. The number of ether oxygens (including phenoxy) is 1. The second kappa shape index (κ2) is 7.44. The Morgan fingerprint density at radius 2 is 2.25 bits per heavy atom. The molecule has 1 aliphatic carbocycles. The zero-order chi connectivity index (χ0) is 17.9. The lowest BCUT2D eigenvalue weighted by molar-refractivity contribution is -0.00307. The van der Waals surface area contributed by atoms with Gasteiger partial charge < -0.3 is 20.9 Å². The molecule has 0 unspecified atom stereocenters. The van der Waals surface area contributed by atoms with Crippen LogP contribution in [0.1, 0.15) is 42.7 Å². The smallest absolute Gasteiger partial charge is 0.252 e. The maximum atomic E-state index is 14.2. The molecule has 1 fully saturated rings. The molecule has 6 nitrogen and oxygen atoms in total. The minimum Gasteiger partial charge on any atom is -0.387 e. The SMILES string of the molecule is COCC1CC(Nc2ccnc(C[C@@H](F)C(C)(C)O)c2C(N)=O)C1. The van der Waals surface area contributed by atoms with E-state index < -0.39 is 17.7 Å². The third-order valence-corrected chi connectivity index (χ3v) is 4.41. The third kappa shape index (κ3) is 4.42. The lowest BCUT2D eigenvalue weighted by Crippen LogP contribution is -2.38. The molecule has 1 saturated carbocycles. The van der Waals surface area contributed by atoms with Crippen LogP contribution in [0.4, 0.5) is 10.1 Å². The van der Waals surface area contributed by atoms with Crippen molar-refractivity contribution in [2.24, 2.45) is 11.7 Å². The standard InChI is InChI=1S/C17H26FN3O3/c1-17(2,23)14(18)8-13-15(16(19)22)12(4-5-20-13)21-11-6-10(7-11)9-24-3/h4-5,10-11,14,23H,6-9H2,1-3H3,(H2,19,22)(H,20,21)/t10?,11?,14-/m1/s1. The monoisotopic (exact) mass is 339 g/mol. The normalized spacial score (nSPS) is 21.9. The minimum absolute atomic E-state index is 0.172. The number of nitrogens with two attached hydrogens (primary N) is 1. The quantitative estimate of drug-likeness (QED) is 0.669. The summed E-state index contributed by atoms with van der Waals surface area (Å²) in [5.41, 5.74) is 4.99. The van der Waals surface area contributed by atoms with Crippen molar-refractivity contribution in [1.29, 1.82) is 0 Å². The summed E-state index contributed by atoms with van der Waals surface area (Å²) in [6, 6.07) is 1.90. The largest absolute Gasteiger partial charge is 0.387 e. The highest BCUT2D eigenvalue weighted by molar-refractivity contribution is 5.99. The van der Waals surface area contributed by atoms with Crippen LogP contribution in [0.15, 0.2) is 12.3 Å². The Balaban J connectivity index is 2.14. The zero-order valence-electron chi connectivity index (χ0n) is 14.4. The van der Waals surface area contributed by atoms with Gasteiger partial charge in [-0.2, -0.15) is 0 Å². The lowest BCUT2D eigenvalue weighted by Gasteiger charge is -2.36. The van der Waals surface area contributed by atoms with Crippen molar-refractivity contribution >= 4 is 11.6 Å². The number of methoxy groups -OCH3 is 1. The number of aromatic nitrogens is 1. The second-order valence-corrected chi connectivity index (χ2v) is 7.00. The molecule has 1 heterocycles. The minimum atomic E-state index is -1.55. The first-order valence-corrected chi connectivity index (χ1v) is 8.12. The van der Waals surface area contributed by atoms with Crippen LogP contribution in [0.3, 0.4) is 0 Å². The fourth-order valence-corrected chi connectivity index (χ4v) is 2.92. The molecule has 0 radical (unpaired) electrons. The molecule has 1 atom stereocenters. The summed E-state index contributed by atoms with van der Waals surface area (Å²) in [4.78, 5) is 16.0. The maximum Gasteiger partial charge on any atom is 0.252 e. The molecule has 24 heavy (non-hydrogen) atoms. The van der Waals surface area contributed by atoms with Crippen LogP contribution in [-0.4, -0.2) is 47.5 Å². The molecule has 134 valence electrons. The van der Waals surface area contributed by atoms with Crippen molar-refractivity contribution in [3.8, 4) is 0 Å². The van der Waals surface area contributed by atoms with E-state index in [9.17, 15) is 14.3 Å². The van der Waals surface area contributed by atoms with E-state index in [0.29, 0.717) is 11.6 Å². The zero-order valence-corrected chi connectivity index (χ0v) is 14.4. The number of nitrogens with zero attached hydrogens (tertiary/aromatic N) is 1. The van der Waals surface area contributed by atoms with Gasteiger partial charge in [-0.15, -0.1) is 0 Å². The van der Waals surface area contributed by atoms with Crippen LogP contribution < -0.4 is 11.1 Å². The number of alkyl halides is 1. The van der Waals surface area contributed by atoms with E-state index in [1.165, 1.54) is 20.0 Å². The van der Waals surface area contributed by atoms with E-state index in [-0.39, 0.29) is 23.7 Å². The van der Waals surface area contributed by atoms with Crippen LogP contribution in [0.5, 0.6) is 0 Å². The second-order valence-electron chi connectivity index (χ2n) is 7.00. The third-order valence-electron chi connectivity index (χ3n) is 4.41. The highest BCUT2D eigenvalue weighted by atomic mass is 19.1. The number of aliphatic hydroxyl groups is 1. The first-order chi connectivity index (χ1) is 11.2. The van der Waals surface area contributed by atoms with Gasteiger partial charge >= 0.3 is 0 Å². The molecule has 1 aromatic heterocycles. The number of amides is 1. The summed E-state index contributed by atoms with van der Waals surface area (Å²) < 4.78 is 19.3. The van der Waals surface area contributed by atoms with E-state index in [2.05, 4.69) is 10.3 Å². The first kappa shape index (κ1) is 18.6. The summed E-state index contributed by atoms with van der Waals surface area (Å²) >= 11 is 0. The highest BCUT2D eigenvalue weighted by Gasteiger charge is 2.32. The average molecular weight is 339 g/mol. The molecule has 1 aliphatic rings. The molecule has 0 aromatic carbocycles. The van der Waals surface area contributed by atoms with E-state index in [1.807, 2.05) is 0 Å². The fourth-order valence-electron chi connectivity index (χ4n) is 2.92. The van der Waals surface area contributed by atoms with Gasteiger partial charge in [0.15, 0.2) is 0 Å². The molecule has 1 aromatic rings. The fraction of sp³-hybridized carbons (Fsp3) is 0.647. The molecular formula is C17H26FN3O3. The van der Waals surface area contributed by atoms with Crippen molar-refractivity contribution in [3.63, 3.8) is 0 Å². The molecule has 1 amide bonds. The molecule has 0 bridgehead atoms. The summed E-state index contributed by atoms with van der Waals surface area (Å²) in [5.74, 6) is -0.146. The Morgan fingerprint density at radius 3 is 2.79 bits per heavy atom. The highest BCUT2D eigenvalue weighted by Crippen LogP contribution is 2.32. The van der Waals surface area contributed by atoms with E-state index >= 15 is 0 Å². The van der Waals surface area contributed by atoms with E-state index in [4.69, 9.17) is 10.5 Å². The van der Waals surface area contributed by atoms with Crippen LogP contribution in [-0.2, 0) is 11.2 Å².